The highest BCUT2D eigenvalue weighted by Gasteiger charge is 2.22. The van der Waals surface area contributed by atoms with Gasteiger partial charge >= 0.3 is 0 Å². The van der Waals surface area contributed by atoms with E-state index in [0.717, 1.165) is 57.6 Å². The first kappa shape index (κ1) is 23.7. The number of methoxy groups -OCH3 is 1. The van der Waals surface area contributed by atoms with E-state index in [-0.39, 0.29) is 5.91 Å². The van der Waals surface area contributed by atoms with Crippen LogP contribution in [0.1, 0.15) is 23.6 Å². The van der Waals surface area contributed by atoms with Crippen molar-refractivity contribution in [3.05, 3.63) is 89.7 Å². The number of ether oxygens (including phenoxy) is 1. The molecule has 0 aliphatic carbocycles. The van der Waals surface area contributed by atoms with Crippen molar-refractivity contribution in [3.63, 3.8) is 0 Å². The molecule has 184 valence electrons. The Hall–Kier alpha value is -3.99. The maximum absolute atomic E-state index is 13.2. The van der Waals surface area contributed by atoms with Crippen LogP contribution in [-0.2, 0) is 4.79 Å². The first-order chi connectivity index (χ1) is 17.5. The Morgan fingerprint density at radius 3 is 2.33 bits per heavy atom. The van der Waals surface area contributed by atoms with Gasteiger partial charge in [-0.1, -0.05) is 48.0 Å². The van der Waals surface area contributed by atoms with E-state index < -0.39 is 0 Å². The molecule has 1 aliphatic heterocycles. The molecule has 1 aromatic heterocycles. The SMILES string of the molecule is COc1c(/C(C)=C/C(=O)N2CCN(c3ccccc3)CC2)cc2c(-c3ccc(C)cc3)coc2c1C. The number of para-hydroxylation sites is 1. The van der Waals surface area contributed by atoms with E-state index >= 15 is 0 Å². The molecular formula is C31H32N2O3. The van der Waals surface area contributed by atoms with Crippen molar-refractivity contribution in [3.8, 4) is 16.9 Å². The Morgan fingerprint density at radius 2 is 1.67 bits per heavy atom. The second-order valence-corrected chi connectivity index (χ2v) is 9.45. The molecule has 0 radical (unpaired) electrons. The van der Waals surface area contributed by atoms with E-state index in [0.29, 0.717) is 13.1 Å². The predicted octanol–water partition coefficient (Wildman–Crippen LogP) is 6.48. The number of amides is 1. The molecule has 0 atom stereocenters. The number of nitrogens with zero attached hydrogens (tertiary/aromatic N) is 2. The molecule has 0 N–H and O–H groups in total. The zero-order valence-corrected chi connectivity index (χ0v) is 21.4. The predicted molar refractivity (Wildman–Crippen MR) is 147 cm³/mol. The highest BCUT2D eigenvalue weighted by molar-refractivity contribution is 6.01. The average Bonchev–Trinajstić information content (AvgIpc) is 3.34. The van der Waals surface area contributed by atoms with Gasteiger partial charge in [0.1, 0.15) is 11.3 Å². The van der Waals surface area contributed by atoms with Crippen LogP contribution in [-0.4, -0.2) is 44.1 Å². The molecular weight excluding hydrogens is 448 g/mol. The summed E-state index contributed by atoms with van der Waals surface area (Å²) in [7, 11) is 1.67. The van der Waals surface area contributed by atoms with E-state index in [1.165, 1.54) is 11.3 Å². The van der Waals surface area contributed by atoms with Crippen LogP contribution in [0.5, 0.6) is 5.75 Å². The quantitative estimate of drug-likeness (QED) is 0.307. The third-order valence-corrected chi connectivity index (χ3v) is 7.09. The topological polar surface area (TPSA) is 45.9 Å². The lowest BCUT2D eigenvalue weighted by molar-refractivity contribution is -0.126. The van der Waals surface area contributed by atoms with Crippen LogP contribution in [0.15, 0.2) is 77.4 Å². The molecule has 5 rings (SSSR count). The zero-order chi connectivity index (χ0) is 25.2. The average molecular weight is 481 g/mol. The van der Waals surface area contributed by atoms with Gasteiger partial charge in [0.15, 0.2) is 0 Å². The van der Waals surface area contributed by atoms with Crippen molar-refractivity contribution in [1.29, 1.82) is 0 Å². The molecule has 1 saturated heterocycles. The summed E-state index contributed by atoms with van der Waals surface area (Å²) in [5.41, 5.74) is 8.08. The molecule has 0 bridgehead atoms. The highest BCUT2D eigenvalue weighted by Crippen LogP contribution is 2.40. The van der Waals surface area contributed by atoms with Crippen LogP contribution in [0.25, 0.3) is 27.7 Å². The third-order valence-electron chi connectivity index (χ3n) is 7.09. The van der Waals surface area contributed by atoms with Crippen LogP contribution < -0.4 is 9.64 Å². The molecule has 5 nitrogen and oxygen atoms in total. The Labute approximate surface area is 212 Å². The Morgan fingerprint density at radius 1 is 0.972 bits per heavy atom. The maximum atomic E-state index is 13.2. The molecule has 4 aromatic rings. The fourth-order valence-electron chi connectivity index (χ4n) is 5.01. The normalized spacial score (nSPS) is 14.4. The first-order valence-corrected chi connectivity index (χ1v) is 12.4. The van der Waals surface area contributed by atoms with Gasteiger partial charge in [0, 0.05) is 60.0 Å². The van der Waals surface area contributed by atoms with E-state index in [1.807, 2.05) is 31.1 Å². The molecule has 5 heteroatoms. The lowest BCUT2D eigenvalue weighted by Crippen LogP contribution is -2.48. The minimum Gasteiger partial charge on any atom is -0.496 e. The zero-order valence-electron chi connectivity index (χ0n) is 21.4. The molecule has 3 aromatic carbocycles. The largest absolute Gasteiger partial charge is 0.496 e. The second-order valence-electron chi connectivity index (χ2n) is 9.45. The van der Waals surface area contributed by atoms with Crippen molar-refractivity contribution in [2.24, 2.45) is 0 Å². The van der Waals surface area contributed by atoms with Crippen LogP contribution in [0.4, 0.5) is 5.69 Å². The van der Waals surface area contributed by atoms with E-state index in [1.54, 1.807) is 13.2 Å². The Balaban J connectivity index is 1.42. The summed E-state index contributed by atoms with van der Waals surface area (Å²) in [5.74, 6) is 0.772. The number of rotatable bonds is 5. The summed E-state index contributed by atoms with van der Waals surface area (Å²) in [5, 5.41) is 1.02. The minimum atomic E-state index is 0.0333. The van der Waals surface area contributed by atoms with Gasteiger partial charge in [-0.3, -0.25) is 4.79 Å². The molecule has 0 spiro atoms. The number of fused-ring (bicyclic) bond motifs is 1. The van der Waals surface area contributed by atoms with Crippen LogP contribution >= 0.6 is 0 Å². The van der Waals surface area contributed by atoms with Crippen LogP contribution in [0.3, 0.4) is 0 Å². The van der Waals surface area contributed by atoms with Gasteiger partial charge in [-0.05, 0) is 50.1 Å². The van der Waals surface area contributed by atoms with Gasteiger partial charge in [-0.2, -0.15) is 0 Å². The molecule has 1 fully saturated rings. The summed E-state index contributed by atoms with van der Waals surface area (Å²) >= 11 is 0. The number of piperazine rings is 1. The van der Waals surface area contributed by atoms with E-state index in [9.17, 15) is 4.79 Å². The number of allylic oxidation sites excluding steroid dienone is 1. The number of carbonyl (C=O) groups excluding carboxylic acids is 1. The summed E-state index contributed by atoms with van der Waals surface area (Å²) in [6, 6.07) is 20.9. The molecule has 0 saturated carbocycles. The van der Waals surface area contributed by atoms with Crippen molar-refractivity contribution in [2.75, 3.05) is 38.2 Å². The molecule has 0 unspecified atom stereocenters. The van der Waals surface area contributed by atoms with Crippen LogP contribution in [0, 0.1) is 13.8 Å². The van der Waals surface area contributed by atoms with Gasteiger partial charge < -0.3 is 19.0 Å². The monoisotopic (exact) mass is 480 g/mol. The van der Waals surface area contributed by atoms with Crippen LogP contribution in [0.2, 0.25) is 0 Å². The Kier molecular flexibility index (Phi) is 6.55. The standard InChI is InChI=1S/C31H32N2O3/c1-21-10-12-24(13-11-21)28-20-36-31-23(3)30(35-4)26(19-27(28)31)22(2)18-29(34)33-16-14-32(15-17-33)25-8-6-5-7-9-25/h5-13,18-20H,14-17H2,1-4H3/b22-18+. The summed E-state index contributed by atoms with van der Waals surface area (Å²) in [6.07, 6.45) is 3.55. The number of carbonyl (C=O) groups is 1. The molecule has 1 amide bonds. The highest BCUT2D eigenvalue weighted by atomic mass is 16.5. The van der Waals surface area contributed by atoms with Gasteiger partial charge in [-0.15, -0.1) is 0 Å². The lowest BCUT2D eigenvalue weighted by Gasteiger charge is -2.35. The summed E-state index contributed by atoms with van der Waals surface area (Å²) < 4.78 is 11.8. The number of benzene rings is 3. The molecule has 36 heavy (non-hydrogen) atoms. The smallest absolute Gasteiger partial charge is 0.246 e. The number of furan rings is 1. The minimum absolute atomic E-state index is 0.0333. The van der Waals surface area contributed by atoms with Gasteiger partial charge in [-0.25, -0.2) is 0 Å². The van der Waals surface area contributed by atoms with Gasteiger partial charge in [0.2, 0.25) is 5.91 Å². The van der Waals surface area contributed by atoms with E-state index in [2.05, 4.69) is 66.4 Å². The molecule has 2 heterocycles. The summed E-state index contributed by atoms with van der Waals surface area (Å²) in [6.45, 7) is 9.12. The van der Waals surface area contributed by atoms with E-state index in [4.69, 9.17) is 9.15 Å². The number of aryl methyl sites for hydroxylation is 2. The number of hydrogen-bond donors (Lipinski definition) is 0. The first-order valence-electron chi connectivity index (χ1n) is 12.4. The second kappa shape index (κ2) is 9.94. The van der Waals surface area contributed by atoms with Gasteiger partial charge in [0.05, 0.1) is 13.4 Å². The van der Waals surface area contributed by atoms with Crippen molar-refractivity contribution >= 4 is 28.1 Å². The summed E-state index contributed by atoms with van der Waals surface area (Å²) in [4.78, 5) is 17.5. The number of anilines is 1. The van der Waals surface area contributed by atoms with Crippen molar-refractivity contribution < 1.29 is 13.9 Å². The fourth-order valence-corrected chi connectivity index (χ4v) is 5.01. The number of hydrogen-bond acceptors (Lipinski definition) is 4. The van der Waals surface area contributed by atoms with Crippen molar-refractivity contribution in [1.82, 2.24) is 4.90 Å². The Bertz CT molecular complexity index is 1410. The fraction of sp³-hybridized carbons (Fsp3) is 0.258. The maximum Gasteiger partial charge on any atom is 0.246 e. The van der Waals surface area contributed by atoms with Crippen molar-refractivity contribution in [2.45, 2.75) is 20.8 Å². The molecule has 1 aliphatic rings. The lowest BCUT2D eigenvalue weighted by atomic mass is 9.96. The third kappa shape index (κ3) is 4.49. The van der Waals surface area contributed by atoms with Gasteiger partial charge in [0.25, 0.3) is 0 Å².